The van der Waals surface area contributed by atoms with E-state index in [9.17, 15) is 13.2 Å². The van der Waals surface area contributed by atoms with Crippen LogP contribution in [0.1, 0.15) is 20.8 Å². The largest absolute Gasteiger partial charge is 0.481 e. The van der Waals surface area contributed by atoms with Crippen LogP contribution in [0.2, 0.25) is 5.02 Å². The number of halogens is 1. The molecule has 2 atom stereocenters. The number of hydrogen-bond acceptors (Lipinski definition) is 4. The average Bonchev–Trinajstić information content (AvgIpc) is 2.45. The van der Waals surface area contributed by atoms with Gasteiger partial charge in [-0.25, -0.2) is 8.42 Å². The molecule has 0 aliphatic carbocycles. The second-order valence-corrected chi connectivity index (χ2v) is 8.05. The Bertz CT molecular complexity index is 618. The standard InChI is InChI=1S/C15H22ClNO4S/c1-5-22(19,20)10-11(2)17(4)15(18)12(3)21-14-8-6-7-13(16)9-14/h6-9,11-12H,5,10H2,1-4H3/t11-,12+/m0/s1. The van der Waals surface area contributed by atoms with Crippen molar-refractivity contribution in [1.29, 1.82) is 0 Å². The van der Waals surface area contributed by atoms with Crippen molar-refractivity contribution < 1.29 is 17.9 Å². The van der Waals surface area contributed by atoms with Crippen molar-refractivity contribution >= 4 is 27.3 Å². The Hall–Kier alpha value is -1.27. The van der Waals surface area contributed by atoms with Gasteiger partial charge in [-0.1, -0.05) is 24.6 Å². The SMILES string of the molecule is CCS(=O)(=O)C[C@H](C)N(C)C(=O)[C@@H](C)Oc1cccc(Cl)c1. The zero-order valence-corrected chi connectivity index (χ0v) is 14.8. The van der Waals surface area contributed by atoms with Gasteiger partial charge in [-0.3, -0.25) is 4.79 Å². The van der Waals surface area contributed by atoms with Crippen molar-refractivity contribution in [3.63, 3.8) is 0 Å². The molecule has 0 aliphatic rings. The molecule has 0 fully saturated rings. The monoisotopic (exact) mass is 347 g/mol. The molecule has 1 aromatic carbocycles. The van der Waals surface area contributed by atoms with E-state index >= 15 is 0 Å². The maximum atomic E-state index is 12.3. The minimum atomic E-state index is -3.14. The summed E-state index contributed by atoms with van der Waals surface area (Å²) in [4.78, 5) is 13.7. The van der Waals surface area contributed by atoms with E-state index in [1.165, 1.54) is 4.90 Å². The van der Waals surface area contributed by atoms with Crippen LogP contribution in [0.25, 0.3) is 0 Å². The van der Waals surface area contributed by atoms with Crippen LogP contribution < -0.4 is 4.74 Å². The first kappa shape index (κ1) is 18.8. The average molecular weight is 348 g/mol. The molecular formula is C15H22ClNO4S. The van der Waals surface area contributed by atoms with Gasteiger partial charge in [-0.15, -0.1) is 0 Å². The fourth-order valence-electron chi connectivity index (χ4n) is 1.90. The molecule has 22 heavy (non-hydrogen) atoms. The van der Waals surface area contributed by atoms with Gasteiger partial charge in [0.25, 0.3) is 5.91 Å². The lowest BCUT2D eigenvalue weighted by Crippen LogP contribution is -2.45. The van der Waals surface area contributed by atoms with Crippen molar-refractivity contribution in [2.75, 3.05) is 18.6 Å². The third-order valence-electron chi connectivity index (χ3n) is 3.40. The summed E-state index contributed by atoms with van der Waals surface area (Å²) >= 11 is 5.87. The Balaban J connectivity index is 2.69. The van der Waals surface area contributed by atoms with Gasteiger partial charge < -0.3 is 9.64 Å². The summed E-state index contributed by atoms with van der Waals surface area (Å²) in [6, 6.07) is 6.36. The summed E-state index contributed by atoms with van der Waals surface area (Å²) in [5.74, 6) is 0.221. The Morgan fingerprint density at radius 3 is 2.55 bits per heavy atom. The van der Waals surface area contributed by atoms with Crippen molar-refractivity contribution in [1.82, 2.24) is 4.90 Å². The summed E-state index contributed by atoms with van der Waals surface area (Å²) in [7, 11) is -1.56. The van der Waals surface area contributed by atoms with Crippen LogP contribution in [-0.2, 0) is 14.6 Å². The van der Waals surface area contributed by atoms with Crippen molar-refractivity contribution in [3.8, 4) is 5.75 Å². The molecule has 0 radical (unpaired) electrons. The number of ether oxygens (including phenoxy) is 1. The second-order valence-electron chi connectivity index (χ2n) is 5.21. The highest BCUT2D eigenvalue weighted by Crippen LogP contribution is 2.19. The molecule has 0 bridgehead atoms. The van der Waals surface area contributed by atoms with Crippen LogP contribution in [0.4, 0.5) is 0 Å². The molecule has 7 heteroatoms. The highest BCUT2D eigenvalue weighted by Gasteiger charge is 2.25. The van der Waals surface area contributed by atoms with Gasteiger partial charge in [0, 0.05) is 23.9 Å². The number of likely N-dealkylation sites (N-methyl/N-ethyl adjacent to an activating group) is 1. The van der Waals surface area contributed by atoms with E-state index < -0.39 is 22.0 Å². The highest BCUT2D eigenvalue weighted by molar-refractivity contribution is 7.91. The molecule has 0 heterocycles. The molecule has 5 nitrogen and oxygen atoms in total. The first-order valence-electron chi connectivity index (χ1n) is 7.05. The van der Waals surface area contributed by atoms with Crippen LogP contribution >= 0.6 is 11.6 Å². The fraction of sp³-hybridized carbons (Fsp3) is 0.533. The van der Waals surface area contributed by atoms with E-state index in [1.807, 2.05) is 0 Å². The van der Waals surface area contributed by atoms with Crippen molar-refractivity contribution in [3.05, 3.63) is 29.3 Å². The van der Waals surface area contributed by atoms with Crippen LogP contribution in [0, 0.1) is 0 Å². The molecule has 0 saturated heterocycles. The number of rotatable bonds is 7. The predicted molar refractivity (Wildman–Crippen MR) is 88.1 cm³/mol. The van der Waals surface area contributed by atoms with E-state index in [4.69, 9.17) is 16.3 Å². The number of sulfone groups is 1. The predicted octanol–water partition coefficient (Wildman–Crippen LogP) is 2.39. The Labute approximate surface area is 137 Å². The molecule has 1 aromatic rings. The summed E-state index contributed by atoms with van der Waals surface area (Å²) in [5.41, 5.74) is 0. The van der Waals surface area contributed by atoms with Crippen LogP contribution in [0.5, 0.6) is 5.75 Å². The number of hydrogen-bond donors (Lipinski definition) is 0. The molecule has 0 N–H and O–H groups in total. The maximum absolute atomic E-state index is 12.3. The zero-order chi connectivity index (χ0) is 16.9. The number of nitrogens with zero attached hydrogens (tertiary/aromatic N) is 1. The molecule has 0 unspecified atom stereocenters. The Morgan fingerprint density at radius 2 is 2.00 bits per heavy atom. The van der Waals surface area contributed by atoms with Crippen LogP contribution in [-0.4, -0.2) is 49.9 Å². The smallest absolute Gasteiger partial charge is 0.263 e. The van der Waals surface area contributed by atoms with E-state index in [0.29, 0.717) is 10.8 Å². The molecule has 0 spiro atoms. The van der Waals surface area contributed by atoms with Gasteiger partial charge in [0.15, 0.2) is 15.9 Å². The Kier molecular flexibility index (Phi) is 6.68. The zero-order valence-electron chi connectivity index (χ0n) is 13.2. The lowest BCUT2D eigenvalue weighted by molar-refractivity contribution is -0.138. The number of carbonyl (C=O) groups is 1. The minimum Gasteiger partial charge on any atom is -0.481 e. The van der Waals surface area contributed by atoms with Crippen LogP contribution in [0.15, 0.2) is 24.3 Å². The van der Waals surface area contributed by atoms with Gasteiger partial charge in [-0.2, -0.15) is 0 Å². The minimum absolute atomic E-state index is 0.0599. The normalized spacial score (nSPS) is 14.2. The first-order chi connectivity index (χ1) is 10.2. The number of carbonyl (C=O) groups excluding carboxylic acids is 1. The van der Waals surface area contributed by atoms with E-state index in [0.717, 1.165) is 0 Å². The van der Waals surface area contributed by atoms with Gasteiger partial charge in [0.1, 0.15) is 5.75 Å². The second kappa shape index (κ2) is 7.83. The molecule has 1 rings (SSSR count). The quantitative estimate of drug-likeness (QED) is 0.759. The van der Waals surface area contributed by atoms with E-state index in [-0.39, 0.29) is 17.4 Å². The maximum Gasteiger partial charge on any atom is 0.263 e. The van der Waals surface area contributed by atoms with Gasteiger partial charge >= 0.3 is 0 Å². The number of benzene rings is 1. The lowest BCUT2D eigenvalue weighted by atomic mass is 10.2. The van der Waals surface area contributed by atoms with Crippen LogP contribution in [0.3, 0.4) is 0 Å². The van der Waals surface area contributed by atoms with E-state index in [2.05, 4.69) is 0 Å². The first-order valence-corrected chi connectivity index (χ1v) is 9.25. The fourth-order valence-corrected chi connectivity index (χ4v) is 3.27. The summed E-state index contributed by atoms with van der Waals surface area (Å²) in [6.45, 7) is 4.92. The van der Waals surface area contributed by atoms with Crippen molar-refractivity contribution in [2.24, 2.45) is 0 Å². The molecule has 1 amide bonds. The Morgan fingerprint density at radius 1 is 1.36 bits per heavy atom. The summed E-state index contributed by atoms with van der Waals surface area (Å²) < 4.78 is 28.9. The van der Waals surface area contributed by atoms with Gasteiger partial charge in [0.05, 0.1) is 5.75 Å². The van der Waals surface area contributed by atoms with Gasteiger partial charge in [-0.05, 0) is 32.0 Å². The van der Waals surface area contributed by atoms with Gasteiger partial charge in [0.2, 0.25) is 0 Å². The molecule has 0 aliphatic heterocycles. The molecule has 124 valence electrons. The molecule has 0 aromatic heterocycles. The van der Waals surface area contributed by atoms with Crippen molar-refractivity contribution in [2.45, 2.75) is 32.9 Å². The van der Waals surface area contributed by atoms with E-state index in [1.54, 1.807) is 52.1 Å². The molecular weight excluding hydrogens is 326 g/mol. The topological polar surface area (TPSA) is 63.7 Å². The third-order valence-corrected chi connectivity index (χ3v) is 5.51. The summed E-state index contributed by atoms with van der Waals surface area (Å²) in [5, 5.41) is 0.521. The number of amides is 1. The summed E-state index contributed by atoms with van der Waals surface area (Å²) in [6.07, 6.45) is -0.727. The lowest BCUT2D eigenvalue weighted by Gasteiger charge is -2.27. The highest BCUT2D eigenvalue weighted by atomic mass is 35.5. The molecule has 0 saturated carbocycles. The third kappa shape index (κ3) is 5.50.